The van der Waals surface area contributed by atoms with E-state index in [9.17, 15) is 14.7 Å². The van der Waals surface area contributed by atoms with Crippen LogP contribution in [-0.2, 0) is 5.54 Å². The van der Waals surface area contributed by atoms with Crippen molar-refractivity contribution in [2.24, 2.45) is 11.5 Å². The van der Waals surface area contributed by atoms with Crippen molar-refractivity contribution in [1.29, 1.82) is 0 Å². The molecule has 1 aliphatic carbocycles. The molecule has 1 aliphatic rings. The molecule has 0 radical (unpaired) electrons. The molecule has 1 fully saturated rings. The van der Waals surface area contributed by atoms with Crippen molar-refractivity contribution < 1.29 is 29.0 Å². The molecular formula is C31H33N3O6. The van der Waals surface area contributed by atoms with Crippen LogP contribution in [0.5, 0.6) is 0 Å². The quantitative estimate of drug-likeness (QED) is 0.220. The van der Waals surface area contributed by atoms with Gasteiger partial charge in [-0.05, 0) is 69.4 Å². The third-order valence-corrected chi connectivity index (χ3v) is 7.19. The molecule has 0 unspecified atom stereocenters. The van der Waals surface area contributed by atoms with Crippen LogP contribution in [0.3, 0.4) is 0 Å². The summed E-state index contributed by atoms with van der Waals surface area (Å²) in [6.45, 7) is 5.82. The lowest BCUT2D eigenvalue weighted by Crippen LogP contribution is -2.60. The summed E-state index contributed by atoms with van der Waals surface area (Å²) in [5.74, 6) is 0.186. The predicted molar refractivity (Wildman–Crippen MR) is 153 cm³/mol. The number of furan rings is 1. The first-order chi connectivity index (χ1) is 18.8. The largest absolute Gasteiger partial charge is 0.465 e. The minimum Gasteiger partial charge on any atom is -0.465 e. The average Bonchev–Trinajstić information content (AvgIpc) is 3.24. The van der Waals surface area contributed by atoms with Crippen molar-refractivity contribution >= 4 is 29.1 Å². The van der Waals surface area contributed by atoms with Gasteiger partial charge in [-0.25, -0.2) is 9.59 Å². The lowest BCUT2D eigenvalue weighted by Gasteiger charge is -2.54. The Morgan fingerprint density at radius 3 is 1.95 bits per heavy atom. The first-order valence-electron chi connectivity index (χ1n) is 12.9. The van der Waals surface area contributed by atoms with Crippen molar-refractivity contribution in [3.05, 3.63) is 83.9 Å². The zero-order valence-corrected chi connectivity index (χ0v) is 22.7. The summed E-state index contributed by atoms with van der Waals surface area (Å²) in [7, 11) is 0. The highest BCUT2D eigenvalue weighted by Gasteiger charge is 2.50. The van der Waals surface area contributed by atoms with Crippen molar-refractivity contribution in [2.45, 2.75) is 51.1 Å². The molecule has 0 spiro atoms. The molecular weight excluding hydrogens is 510 g/mol. The van der Waals surface area contributed by atoms with Gasteiger partial charge in [-0.15, -0.1) is 0 Å². The number of hydrogen-bond donors (Lipinski definition) is 4. The van der Waals surface area contributed by atoms with Gasteiger partial charge in [0.25, 0.3) is 0 Å². The third kappa shape index (κ3) is 5.36. The molecule has 0 bridgehead atoms. The fourth-order valence-electron chi connectivity index (χ4n) is 5.54. The minimum atomic E-state index is -1.33. The van der Waals surface area contributed by atoms with Gasteiger partial charge in [0.2, 0.25) is 5.91 Å². The molecule has 0 atom stereocenters. The lowest BCUT2D eigenvalue weighted by atomic mass is 9.69. The molecule has 40 heavy (non-hydrogen) atoms. The molecule has 9 heteroatoms. The van der Waals surface area contributed by atoms with E-state index in [1.165, 1.54) is 0 Å². The molecule has 4 aromatic rings. The van der Waals surface area contributed by atoms with E-state index < -0.39 is 29.2 Å². The smallest absolute Gasteiger partial charge is 0.408 e. The number of nitrogens with zero attached hydrogens (tertiary/aromatic N) is 1. The molecule has 6 N–H and O–H groups in total. The van der Waals surface area contributed by atoms with E-state index in [1.54, 1.807) is 17.0 Å². The van der Waals surface area contributed by atoms with Crippen molar-refractivity contribution in [2.75, 3.05) is 0 Å². The standard InChI is InChI=1S/C30H30N2O4.CH3NO2/c1-29(2,3)32(28(34)35)30(16-7-17-30)22-13-10-20(11-14-22)26-25(19-8-5-4-6-9-19)23-15-12-21(27(31)33)18-24(23)36-26;2-1(3)4/h4-6,8-15,18H,7,16-17H2,1-3H3,(H2,31,33)(H,34,35);2H2,(H,3,4). The molecule has 3 aromatic carbocycles. The molecule has 1 heterocycles. The molecule has 3 amide bonds. The van der Waals surface area contributed by atoms with E-state index in [2.05, 4.69) is 5.73 Å². The zero-order chi connectivity index (χ0) is 29.2. The first kappa shape index (κ1) is 28.2. The number of hydrogen-bond acceptors (Lipinski definition) is 4. The summed E-state index contributed by atoms with van der Waals surface area (Å²) >= 11 is 0. The second-order valence-corrected chi connectivity index (χ2v) is 10.8. The van der Waals surface area contributed by atoms with Crippen LogP contribution >= 0.6 is 0 Å². The van der Waals surface area contributed by atoms with E-state index >= 15 is 0 Å². The fraction of sp³-hybridized carbons (Fsp3) is 0.258. The molecule has 9 nitrogen and oxygen atoms in total. The Morgan fingerprint density at radius 2 is 1.48 bits per heavy atom. The number of fused-ring (bicyclic) bond motifs is 1. The maximum Gasteiger partial charge on any atom is 0.408 e. The normalized spacial score (nSPS) is 14.0. The Morgan fingerprint density at radius 1 is 0.875 bits per heavy atom. The third-order valence-electron chi connectivity index (χ3n) is 7.19. The van der Waals surface area contributed by atoms with Gasteiger partial charge >= 0.3 is 12.2 Å². The highest BCUT2D eigenvalue weighted by atomic mass is 16.4. The number of primary amides is 2. The second kappa shape index (κ2) is 10.8. The van der Waals surface area contributed by atoms with Gasteiger partial charge in [0.05, 0.1) is 5.54 Å². The summed E-state index contributed by atoms with van der Waals surface area (Å²) in [5.41, 5.74) is 13.3. The number of carbonyl (C=O) groups excluding carboxylic acids is 1. The SMILES string of the molecule is CC(C)(C)N(C(=O)O)C1(c2ccc(-c3oc4cc(C(N)=O)ccc4c3-c3ccccc3)cc2)CCC1.NC(=O)O. The molecule has 0 saturated heterocycles. The highest BCUT2D eigenvalue weighted by molar-refractivity contribution is 6.04. The predicted octanol–water partition coefficient (Wildman–Crippen LogP) is 6.65. The van der Waals surface area contributed by atoms with E-state index in [1.807, 2.05) is 81.4 Å². The second-order valence-electron chi connectivity index (χ2n) is 10.8. The molecule has 1 aromatic heterocycles. The van der Waals surface area contributed by atoms with Crippen LogP contribution < -0.4 is 11.5 Å². The number of amides is 3. The fourth-order valence-corrected chi connectivity index (χ4v) is 5.54. The van der Waals surface area contributed by atoms with Gasteiger partial charge < -0.3 is 26.1 Å². The van der Waals surface area contributed by atoms with E-state index in [0.717, 1.165) is 46.9 Å². The minimum absolute atomic E-state index is 0.389. The molecule has 0 aliphatic heterocycles. The van der Waals surface area contributed by atoms with Crippen LogP contribution in [0.15, 0.2) is 77.2 Å². The van der Waals surface area contributed by atoms with Gasteiger partial charge in [-0.1, -0.05) is 54.6 Å². The Labute approximate surface area is 232 Å². The Bertz CT molecular complexity index is 1540. The summed E-state index contributed by atoms with van der Waals surface area (Å²) in [6.07, 6.45) is 0.350. The number of carboxylic acid groups (broad SMARTS) is 2. The number of rotatable bonds is 5. The number of benzene rings is 3. The van der Waals surface area contributed by atoms with E-state index in [-0.39, 0.29) is 0 Å². The van der Waals surface area contributed by atoms with Gasteiger partial charge in [0.1, 0.15) is 11.3 Å². The molecule has 1 saturated carbocycles. The van der Waals surface area contributed by atoms with Crippen LogP contribution in [-0.4, -0.2) is 38.7 Å². The highest BCUT2D eigenvalue weighted by Crippen LogP contribution is 2.50. The topological polar surface area (TPSA) is 160 Å². The first-order valence-corrected chi connectivity index (χ1v) is 12.9. The Hall–Kier alpha value is -4.79. The number of nitrogens with two attached hydrogens (primary N) is 2. The van der Waals surface area contributed by atoms with Crippen LogP contribution in [0, 0.1) is 0 Å². The van der Waals surface area contributed by atoms with Gasteiger partial charge in [0.15, 0.2) is 0 Å². The molecule has 5 rings (SSSR count). The van der Waals surface area contributed by atoms with Crippen LogP contribution in [0.2, 0.25) is 0 Å². The Balaban J connectivity index is 0.000000867. The zero-order valence-electron chi connectivity index (χ0n) is 22.7. The van der Waals surface area contributed by atoms with Crippen LogP contribution in [0.1, 0.15) is 56.0 Å². The van der Waals surface area contributed by atoms with Crippen LogP contribution in [0.4, 0.5) is 9.59 Å². The molecule has 208 valence electrons. The van der Waals surface area contributed by atoms with Crippen molar-refractivity contribution in [3.63, 3.8) is 0 Å². The van der Waals surface area contributed by atoms with E-state index in [0.29, 0.717) is 16.9 Å². The maximum absolute atomic E-state index is 12.3. The van der Waals surface area contributed by atoms with Gasteiger partial charge in [-0.2, -0.15) is 0 Å². The maximum atomic E-state index is 12.3. The van der Waals surface area contributed by atoms with Crippen molar-refractivity contribution in [1.82, 2.24) is 4.90 Å². The van der Waals surface area contributed by atoms with Gasteiger partial charge in [0, 0.05) is 27.6 Å². The summed E-state index contributed by atoms with van der Waals surface area (Å²) in [5, 5.41) is 18.2. The van der Waals surface area contributed by atoms with Gasteiger partial charge in [-0.3, -0.25) is 9.69 Å². The van der Waals surface area contributed by atoms with Crippen molar-refractivity contribution in [3.8, 4) is 22.5 Å². The monoisotopic (exact) mass is 543 g/mol. The lowest BCUT2D eigenvalue weighted by molar-refractivity contribution is -0.0328. The Kier molecular flexibility index (Phi) is 7.59. The van der Waals surface area contributed by atoms with Crippen LogP contribution in [0.25, 0.3) is 33.4 Å². The van der Waals surface area contributed by atoms with E-state index in [4.69, 9.17) is 20.1 Å². The summed E-state index contributed by atoms with van der Waals surface area (Å²) in [4.78, 5) is 34.4. The number of carbonyl (C=O) groups is 3. The summed E-state index contributed by atoms with van der Waals surface area (Å²) in [6, 6.07) is 23.3. The average molecular weight is 544 g/mol. The summed E-state index contributed by atoms with van der Waals surface area (Å²) < 4.78 is 6.32.